The van der Waals surface area contributed by atoms with Gasteiger partial charge in [0, 0.05) is 44.3 Å². The maximum Gasteiger partial charge on any atom is 0.0409 e. The molecule has 0 N–H and O–H groups in total. The third-order valence-electron chi connectivity index (χ3n) is 4.65. The third-order valence-corrected chi connectivity index (χ3v) is 4.89. The molecule has 1 atom stereocenters. The highest BCUT2D eigenvalue weighted by Gasteiger charge is 2.20. The zero-order valence-corrected chi connectivity index (χ0v) is 13.4. The van der Waals surface area contributed by atoms with Crippen LogP contribution in [0.5, 0.6) is 0 Å². The highest BCUT2D eigenvalue weighted by molar-refractivity contribution is 6.30. The Labute approximate surface area is 133 Å². The van der Waals surface area contributed by atoms with Crippen molar-refractivity contribution in [2.45, 2.75) is 25.8 Å². The molecule has 1 saturated heterocycles. The highest BCUT2D eigenvalue weighted by atomic mass is 35.5. The van der Waals surface area contributed by atoms with E-state index < -0.39 is 0 Å². The molecular weight excluding hydrogens is 280 g/mol. The van der Waals surface area contributed by atoms with Gasteiger partial charge in [-0.2, -0.15) is 0 Å². The number of hydrogen-bond donors (Lipinski definition) is 0. The van der Waals surface area contributed by atoms with Crippen LogP contribution >= 0.6 is 11.6 Å². The topological polar surface area (TPSA) is 6.48 Å². The van der Waals surface area contributed by atoms with Gasteiger partial charge in [-0.25, -0.2) is 0 Å². The van der Waals surface area contributed by atoms with E-state index in [0.717, 1.165) is 17.5 Å². The van der Waals surface area contributed by atoms with Crippen LogP contribution in [0.4, 0.5) is 0 Å². The molecule has 0 saturated carbocycles. The molecule has 0 unspecified atom stereocenters. The summed E-state index contributed by atoms with van der Waals surface area (Å²) in [5, 5.41) is 0.844. The molecule has 114 valence electrons. The lowest BCUT2D eigenvalue weighted by Gasteiger charge is -2.36. The Morgan fingerprint density at radius 3 is 2.57 bits per heavy atom. The summed E-state index contributed by atoms with van der Waals surface area (Å²) in [5.74, 6) is 0.884. The van der Waals surface area contributed by atoms with Crippen molar-refractivity contribution in [3.8, 4) is 0 Å². The quantitative estimate of drug-likeness (QED) is 0.780. The normalized spacial score (nSPS) is 24.3. The van der Waals surface area contributed by atoms with Crippen molar-refractivity contribution in [1.29, 1.82) is 0 Å². The zero-order valence-electron chi connectivity index (χ0n) is 12.7. The third kappa shape index (κ3) is 4.57. The first kappa shape index (κ1) is 15.1. The van der Waals surface area contributed by atoms with Crippen molar-refractivity contribution in [2.75, 3.05) is 32.7 Å². The van der Waals surface area contributed by atoms with Crippen LogP contribution in [0.2, 0.25) is 5.02 Å². The minimum Gasteiger partial charge on any atom is -0.301 e. The first-order chi connectivity index (χ1) is 10.3. The molecule has 1 aliphatic carbocycles. The Morgan fingerprint density at radius 1 is 1.05 bits per heavy atom. The molecule has 0 spiro atoms. The second-order valence-electron chi connectivity index (χ2n) is 6.36. The molecule has 3 heteroatoms. The summed E-state index contributed by atoms with van der Waals surface area (Å²) in [6.45, 7) is 7.08. The number of nitrogens with zero attached hydrogens (tertiary/aromatic N) is 2. The first-order valence-corrected chi connectivity index (χ1v) is 8.51. The largest absolute Gasteiger partial charge is 0.301 e. The molecule has 1 heterocycles. The number of piperazine rings is 1. The summed E-state index contributed by atoms with van der Waals surface area (Å²) < 4.78 is 0. The molecule has 21 heavy (non-hydrogen) atoms. The molecule has 1 aliphatic heterocycles. The number of allylic oxidation sites excluding steroid dienone is 2. The zero-order chi connectivity index (χ0) is 14.5. The molecular formula is C18H25ClN2. The van der Waals surface area contributed by atoms with Gasteiger partial charge in [0.05, 0.1) is 0 Å². The fraction of sp³-hybridized carbons (Fsp3) is 0.556. The van der Waals surface area contributed by atoms with E-state index in [1.165, 1.54) is 57.5 Å². The van der Waals surface area contributed by atoms with Crippen molar-refractivity contribution in [3.63, 3.8) is 0 Å². The van der Waals surface area contributed by atoms with Gasteiger partial charge in [-0.1, -0.05) is 35.9 Å². The SMILES string of the molecule is Clc1cccc(CN2CCN(C[C@H]3CC=CCC3)CC2)c1. The van der Waals surface area contributed by atoms with Gasteiger partial charge in [-0.15, -0.1) is 0 Å². The molecule has 1 fully saturated rings. The Bertz CT molecular complexity index is 478. The average molecular weight is 305 g/mol. The summed E-state index contributed by atoms with van der Waals surface area (Å²) in [6, 6.07) is 8.25. The fourth-order valence-corrected chi connectivity index (χ4v) is 3.62. The van der Waals surface area contributed by atoms with Crippen molar-refractivity contribution in [1.82, 2.24) is 9.80 Å². The monoisotopic (exact) mass is 304 g/mol. The molecule has 0 radical (unpaired) electrons. The van der Waals surface area contributed by atoms with Crippen LogP contribution in [0.1, 0.15) is 24.8 Å². The number of rotatable bonds is 4. The van der Waals surface area contributed by atoms with Crippen LogP contribution in [0.15, 0.2) is 36.4 Å². The van der Waals surface area contributed by atoms with Crippen molar-refractivity contribution < 1.29 is 0 Å². The Hall–Kier alpha value is -0.830. The number of benzene rings is 1. The van der Waals surface area contributed by atoms with Crippen LogP contribution in [-0.2, 0) is 6.54 Å². The summed E-state index contributed by atoms with van der Waals surface area (Å²) in [4.78, 5) is 5.20. The van der Waals surface area contributed by atoms with Gasteiger partial charge in [0.15, 0.2) is 0 Å². The molecule has 2 aliphatic rings. The molecule has 0 amide bonds. The van der Waals surface area contributed by atoms with Gasteiger partial charge in [-0.05, 0) is 42.9 Å². The van der Waals surface area contributed by atoms with Crippen LogP contribution in [0.25, 0.3) is 0 Å². The van der Waals surface area contributed by atoms with Gasteiger partial charge < -0.3 is 4.90 Å². The van der Waals surface area contributed by atoms with E-state index in [1.54, 1.807) is 0 Å². The summed E-state index contributed by atoms with van der Waals surface area (Å²) in [6.07, 6.45) is 8.63. The lowest BCUT2D eigenvalue weighted by Crippen LogP contribution is -2.47. The van der Waals surface area contributed by atoms with E-state index in [-0.39, 0.29) is 0 Å². The molecule has 0 aromatic heterocycles. The second kappa shape index (κ2) is 7.44. The van der Waals surface area contributed by atoms with Crippen LogP contribution in [0, 0.1) is 5.92 Å². The van der Waals surface area contributed by atoms with Crippen molar-refractivity contribution >= 4 is 11.6 Å². The van der Waals surface area contributed by atoms with Crippen LogP contribution in [-0.4, -0.2) is 42.5 Å². The van der Waals surface area contributed by atoms with Crippen LogP contribution in [0.3, 0.4) is 0 Å². The van der Waals surface area contributed by atoms with Gasteiger partial charge in [0.2, 0.25) is 0 Å². The molecule has 2 nitrogen and oxygen atoms in total. The van der Waals surface area contributed by atoms with Gasteiger partial charge in [0.1, 0.15) is 0 Å². The molecule has 0 bridgehead atoms. The maximum atomic E-state index is 6.06. The highest BCUT2D eigenvalue weighted by Crippen LogP contribution is 2.20. The van der Waals surface area contributed by atoms with Crippen molar-refractivity contribution in [3.05, 3.63) is 47.0 Å². The van der Waals surface area contributed by atoms with Crippen molar-refractivity contribution in [2.24, 2.45) is 5.92 Å². The summed E-state index contributed by atoms with van der Waals surface area (Å²) >= 11 is 6.06. The minimum atomic E-state index is 0.844. The first-order valence-electron chi connectivity index (χ1n) is 8.14. The van der Waals surface area contributed by atoms with Crippen LogP contribution < -0.4 is 0 Å². The van der Waals surface area contributed by atoms with Gasteiger partial charge >= 0.3 is 0 Å². The summed E-state index contributed by atoms with van der Waals surface area (Å²) in [5.41, 5.74) is 1.33. The van der Waals surface area contributed by atoms with Gasteiger partial charge in [0.25, 0.3) is 0 Å². The lowest BCUT2D eigenvalue weighted by atomic mass is 9.94. The van der Waals surface area contributed by atoms with E-state index in [1.807, 2.05) is 12.1 Å². The predicted molar refractivity (Wildman–Crippen MR) is 89.7 cm³/mol. The smallest absolute Gasteiger partial charge is 0.0409 e. The lowest BCUT2D eigenvalue weighted by molar-refractivity contribution is 0.111. The minimum absolute atomic E-state index is 0.844. The molecule has 1 aromatic carbocycles. The fourth-order valence-electron chi connectivity index (χ4n) is 3.41. The molecule has 1 aromatic rings. The molecule has 3 rings (SSSR count). The van der Waals surface area contributed by atoms with E-state index >= 15 is 0 Å². The second-order valence-corrected chi connectivity index (χ2v) is 6.79. The number of halogens is 1. The maximum absolute atomic E-state index is 6.06. The standard InChI is InChI=1S/C18H25ClN2/c19-18-8-4-7-17(13-18)15-21-11-9-20(10-12-21)14-16-5-2-1-3-6-16/h1-2,4,7-8,13,16H,3,5-6,9-12,14-15H2/t16-/m0/s1. The Morgan fingerprint density at radius 2 is 1.86 bits per heavy atom. The summed E-state index contributed by atoms with van der Waals surface area (Å²) in [7, 11) is 0. The van der Waals surface area contributed by atoms with E-state index in [4.69, 9.17) is 11.6 Å². The average Bonchev–Trinajstić information content (AvgIpc) is 2.50. The Balaban J connectivity index is 1.43. The van der Waals surface area contributed by atoms with E-state index in [0.29, 0.717) is 0 Å². The van der Waals surface area contributed by atoms with E-state index in [9.17, 15) is 0 Å². The predicted octanol–water partition coefficient (Wildman–Crippen LogP) is 3.81. The number of hydrogen-bond acceptors (Lipinski definition) is 2. The van der Waals surface area contributed by atoms with E-state index in [2.05, 4.69) is 34.1 Å². The Kier molecular flexibility index (Phi) is 5.34. The van der Waals surface area contributed by atoms with Gasteiger partial charge in [-0.3, -0.25) is 4.90 Å².